The number of amides is 1. The van der Waals surface area contributed by atoms with Crippen molar-refractivity contribution in [3.05, 3.63) is 86.1 Å². The van der Waals surface area contributed by atoms with Crippen molar-refractivity contribution in [1.29, 1.82) is 0 Å². The first-order valence-electron chi connectivity index (χ1n) is 10.8. The molecule has 4 rings (SSSR count). The van der Waals surface area contributed by atoms with Crippen LogP contribution in [0.2, 0.25) is 0 Å². The Labute approximate surface area is 195 Å². The molecule has 33 heavy (non-hydrogen) atoms. The number of benzene rings is 2. The number of fused-ring (bicyclic) bond motifs is 1. The molecule has 2 N–H and O–H groups in total. The van der Waals surface area contributed by atoms with Crippen molar-refractivity contribution in [2.24, 2.45) is 5.92 Å². The predicted octanol–water partition coefficient (Wildman–Crippen LogP) is 4.26. The number of nitrogens with zero attached hydrogens (tertiary/aromatic N) is 2. The molecule has 0 saturated heterocycles. The number of carbonyl (C=O) groups excluding carboxylic acids is 1. The van der Waals surface area contributed by atoms with Crippen molar-refractivity contribution in [1.82, 2.24) is 20.5 Å². The number of rotatable bonds is 8. The molecule has 0 saturated carbocycles. The molecule has 1 atom stereocenters. The smallest absolute Gasteiger partial charge is 0.322 e. The van der Waals surface area contributed by atoms with Crippen LogP contribution in [0.5, 0.6) is 5.75 Å². The van der Waals surface area contributed by atoms with Crippen LogP contribution in [0.15, 0.2) is 59.4 Å². The summed E-state index contributed by atoms with van der Waals surface area (Å²) in [7, 11) is 0. The van der Waals surface area contributed by atoms with Crippen LogP contribution in [0, 0.1) is 12.8 Å². The molecule has 2 heterocycles. The maximum absolute atomic E-state index is 12.8. The molecule has 8 heteroatoms. The van der Waals surface area contributed by atoms with E-state index >= 15 is 0 Å². The van der Waals surface area contributed by atoms with Crippen molar-refractivity contribution < 1.29 is 9.53 Å². The van der Waals surface area contributed by atoms with E-state index in [2.05, 4.69) is 20.5 Å². The Kier molecular flexibility index (Phi) is 6.84. The van der Waals surface area contributed by atoms with E-state index in [9.17, 15) is 9.59 Å². The molecule has 7 nitrogen and oxygen atoms in total. The second kappa shape index (κ2) is 9.95. The molecule has 170 valence electrons. The molecule has 0 aliphatic heterocycles. The average molecular weight is 463 g/mol. The van der Waals surface area contributed by atoms with Crippen LogP contribution in [0.3, 0.4) is 0 Å². The lowest BCUT2D eigenvalue weighted by Crippen LogP contribution is -2.40. The average Bonchev–Trinajstić information content (AvgIpc) is 3.21. The van der Waals surface area contributed by atoms with Gasteiger partial charge in [0.15, 0.2) is 0 Å². The number of hydrogen-bond donors (Lipinski definition) is 2. The highest BCUT2D eigenvalue weighted by atomic mass is 32.1. The molecule has 2 aromatic carbocycles. The molecule has 4 aromatic rings. The lowest BCUT2D eigenvalue weighted by molar-refractivity contribution is 0.0925. The van der Waals surface area contributed by atoms with Crippen LogP contribution in [0.4, 0.5) is 0 Å². The molecule has 0 fully saturated rings. The summed E-state index contributed by atoms with van der Waals surface area (Å²) < 4.78 is 5.99. The number of ether oxygens (including phenoxy) is 1. The first kappa shape index (κ1) is 22.7. The van der Waals surface area contributed by atoms with Gasteiger partial charge in [-0.1, -0.05) is 43.4 Å². The summed E-state index contributed by atoms with van der Waals surface area (Å²) >= 11 is 1.07. The minimum atomic E-state index is -0.190. The van der Waals surface area contributed by atoms with E-state index in [1.54, 1.807) is 24.3 Å². The molecule has 1 amide bonds. The highest BCUT2D eigenvalue weighted by molar-refractivity contribution is 7.08. The fraction of sp³-hybridized carbons (Fsp3) is 0.280. The topological polar surface area (TPSA) is 97.0 Å². The van der Waals surface area contributed by atoms with Crippen molar-refractivity contribution in [2.45, 2.75) is 39.8 Å². The van der Waals surface area contributed by atoms with Gasteiger partial charge in [-0.15, -0.1) is 0 Å². The van der Waals surface area contributed by atoms with Gasteiger partial charge in [-0.3, -0.25) is 14.6 Å². The SMILES string of the molecule is Cc1cc(COc2ccc(C(=O)NC(Cc3n[nH]c(=O)s3)C(C)C)cc2)c2ccccc2n1. The summed E-state index contributed by atoms with van der Waals surface area (Å²) in [4.78, 5) is 28.5. The molecule has 0 aliphatic rings. The number of nitrogens with one attached hydrogen (secondary N) is 2. The first-order chi connectivity index (χ1) is 15.9. The number of aryl methyl sites for hydroxylation is 1. The summed E-state index contributed by atoms with van der Waals surface area (Å²) in [5.41, 5.74) is 3.51. The molecule has 0 spiro atoms. The van der Waals surface area contributed by atoms with Gasteiger partial charge in [0, 0.05) is 34.7 Å². The van der Waals surface area contributed by atoms with Crippen LogP contribution in [-0.4, -0.2) is 27.1 Å². The minimum absolute atomic E-state index is 0.129. The third kappa shape index (κ3) is 5.64. The van der Waals surface area contributed by atoms with Crippen molar-refractivity contribution in [3.8, 4) is 5.75 Å². The van der Waals surface area contributed by atoms with E-state index in [0.717, 1.165) is 33.5 Å². The van der Waals surface area contributed by atoms with Crippen LogP contribution in [-0.2, 0) is 13.0 Å². The Morgan fingerprint density at radius 1 is 1.15 bits per heavy atom. The Morgan fingerprint density at radius 3 is 2.61 bits per heavy atom. The maximum Gasteiger partial charge on any atom is 0.322 e. The second-order valence-corrected chi connectivity index (χ2v) is 9.33. The zero-order valence-corrected chi connectivity index (χ0v) is 19.6. The molecule has 0 bridgehead atoms. The molecular formula is C25H26N4O3S. The number of hydrogen-bond acceptors (Lipinski definition) is 6. The monoisotopic (exact) mass is 462 g/mol. The van der Waals surface area contributed by atoms with Gasteiger partial charge in [0.1, 0.15) is 17.4 Å². The summed E-state index contributed by atoms with van der Waals surface area (Å²) in [6.07, 6.45) is 0.507. The Hall–Kier alpha value is -3.52. The van der Waals surface area contributed by atoms with E-state index in [1.807, 2.05) is 51.1 Å². The molecule has 2 aromatic heterocycles. The quantitative estimate of drug-likeness (QED) is 0.408. The normalized spacial score (nSPS) is 12.1. The summed E-state index contributed by atoms with van der Waals surface area (Å²) in [6.45, 7) is 6.45. The van der Waals surface area contributed by atoms with Crippen LogP contribution in [0.25, 0.3) is 10.9 Å². The van der Waals surface area contributed by atoms with Gasteiger partial charge in [-0.2, -0.15) is 5.10 Å². The molecule has 0 aliphatic carbocycles. The van der Waals surface area contributed by atoms with E-state index in [4.69, 9.17) is 4.74 Å². The van der Waals surface area contributed by atoms with E-state index in [0.29, 0.717) is 29.3 Å². The summed E-state index contributed by atoms with van der Waals surface area (Å²) in [5, 5.41) is 11.2. The number of pyridine rings is 1. The van der Waals surface area contributed by atoms with Crippen LogP contribution >= 0.6 is 11.3 Å². The first-order valence-corrected chi connectivity index (χ1v) is 11.6. The molecular weight excluding hydrogens is 436 g/mol. The van der Waals surface area contributed by atoms with E-state index < -0.39 is 0 Å². The summed E-state index contributed by atoms with van der Waals surface area (Å²) in [6, 6.07) is 17.0. The second-order valence-electron chi connectivity index (χ2n) is 8.29. The zero-order chi connectivity index (χ0) is 23.4. The predicted molar refractivity (Wildman–Crippen MR) is 130 cm³/mol. The highest BCUT2D eigenvalue weighted by Gasteiger charge is 2.19. The Balaban J connectivity index is 1.40. The maximum atomic E-state index is 12.8. The van der Waals surface area contributed by atoms with Crippen molar-refractivity contribution >= 4 is 28.1 Å². The standard InChI is InChI=1S/C25H26N4O3S/c1-15(2)22(13-23-28-29-25(31)33-23)27-24(30)17-8-10-19(11-9-17)32-14-18-12-16(3)26-21-7-5-4-6-20(18)21/h4-12,15,22H,13-14H2,1-3H3,(H,27,30)(H,29,31). The Morgan fingerprint density at radius 2 is 1.91 bits per heavy atom. The van der Waals surface area contributed by atoms with Gasteiger partial charge < -0.3 is 10.1 Å². The van der Waals surface area contributed by atoms with Gasteiger partial charge in [-0.25, -0.2) is 5.10 Å². The van der Waals surface area contributed by atoms with Crippen LogP contribution in [0.1, 0.15) is 40.5 Å². The highest BCUT2D eigenvalue weighted by Crippen LogP contribution is 2.21. The third-order valence-electron chi connectivity index (χ3n) is 5.44. The number of aromatic amines is 1. The van der Waals surface area contributed by atoms with Gasteiger partial charge in [0.2, 0.25) is 0 Å². The lowest BCUT2D eigenvalue weighted by atomic mass is 10.0. The van der Waals surface area contributed by atoms with E-state index in [-0.39, 0.29) is 22.7 Å². The third-order valence-corrected chi connectivity index (χ3v) is 6.21. The number of para-hydroxylation sites is 1. The van der Waals surface area contributed by atoms with Gasteiger partial charge >= 0.3 is 4.87 Å². The molecule has 0 radical (unpaired) electrons. The van der Waals surface area contributed by atoms with Gasteiger partial charge in [-0.05, 0) is 49.2 Å². The number of H-pyrrole nitrogens is 1. The number of aromatic nitrogens is 3. The number of carbonyl (C=O) groups is 1. The fourth-order valence-corrected chi connectivity index (χ4v) is 4.28. The Bertz CT molecular complexity index is 1310. The minimum Gasteiger partial charge on any atom is -0.489 e. The fourth-order valence-electron chi connectivity index (χ4n) is 3.62. The largest absolute Gasteiger partial charge is 0.489 e. The van der Waals surface area contributed by atoms with Gasteiger partial charge in [0.05, 0.1) is 5.52 Å². The summed E-state index contributed by atoms with van der Waals surface area (Å²) in [5.74, 6) is 0.708. The van der Waals surface area contributed by atoms with E-state index in [1.165, 1.54) is 0 Å². The molecule has 1 unspecified atom stereocenters. The lowest BCUT2D eigenvalue weighted by Gasteiger charge is -2.21. The van der Waals surface area contributed by atoms with Gasteiger partial charge in [0.25, 0.3) is 5.91 Å². The van der Waals surface area contributed by atoms with Crippen molar-refractivity contribution in [3.63, 3.8) is 0 Å². The van der Waals surface area contributed by atoms with Crippen molar-refractivity contribution in [2.75, 3.05) is 0 Å². The zero-order valence-electron chi connectivity index (χ0n) is 18.8. The van der Waals surface area contributed by atoms with Crippen LogP contribution < -0.4 is 14.9 Å².